The minimum atomic E-state index is -0.312. The molecule has 0 fully saturated rings. The predicted octanol–water partition coefficient (Wildman–Crippen LogP) is 4.58. The molecule has 4 rings (SSSR count). The summed E-state index contributed by atoms with van der Waals surface area (Å²) >= 11 is 1.43. The van der Waals surface area contributed by atoms with E-state index < -0.39 is 0 Å². The van der Waals surface area contributed by atoms with Crippen LogP contribution in [-0.4, -0.2) is 42.0 Å². The molecule has 32 heavy (non-hydrogen) atoms. The summed E-state index contributed by atoms with van der Waals surface area (Å²) in [5.74, 6) is 2.02. The second-order valence-corrected chi connectivity index (χ2v) is 7.72. The maximum atomic E-state index is 12.9. The molecule has 0 unspecified atom stereocenters. The standard InChI is InChI=1S/C23H22N4O4S/c1-14-8-21(25-22(28)16-10-18(30-3)12-19(11-16)31-4)27(26-14)23-24-20(13-32-23)15-6-5-7-17(9-15)29-2/h5-13H,1-4H3,(H,25,28). The number of rotatable bonds is 7. The Hall–Kier alpha value is -3.85. The van der Waals surface area contributed by atoms with Crippen molar-refractivity contribution >= 4 is 23.1 Å². The van der Waals surface area contributed by atoms with Crippen LogP contribution in [0.4, 0.5) is 5.82 Å². The lowest BCUT2D eigenvalue weighted by atomic mass is 10.2. The smallest absolute Gasteiger partial charge is 0.257 e. The highest BCUT2D eigenvalue weighted by Gasteiger charge is 2.17. The Morgan fingerprint density at radius 3 is 2.38 bits per heavy atom. The fourth-order valence-electron chi connectivity index (χ4n) is 3.14. The number of nitrogens with zero attached hydrogens (tertiary/aromatic N) is 3. The number of nitrogens with one attached hydrogen (secondary N) is 1. The van der Waals surface area contributed by atoms with Crippen LogP contribution in [0.25, 0.3) is 16.4 Å². The number of ether oxygens (including phenoxy) is 3. The lowest BCUT2D eigenvalue weighted by Gasteiger charge is -2.10. The first-order chi connectivity index (χ1) is 15.5. The number of benzene rings is 2. The van der Waals surface area contributed by atoms with Crippen LogP contribution in [0.1, 0.15) is 16.1 Å². The molecule has 0 radical (unpaired) electrons. The van der Waals surface area contributed by atoms with Crippen LogP contribution in [0.5, 0.6) is 17.2 Å². The molecule has 164 valence electrons. The van der Waals surface area contributed by atoms with Crippen molar-refractivity contribution in [3.8, 4) is 33.6 Å². The third kappa shape index (κ3) is 4.42. The molecule has 2 heterocycles. The lowest BCUT2D eigenvalue weighted by molar-refractivity contribution is 0.102. The van der Waals surface area contributed by atoms with Gasteiger partial charge in [0.1, 0.15) is 23.1 Å². The predicted molar refractivity (Wildman–Crippen MR) is 123 cm³/mol. The Kier molecular flexibility index (Phi) is 6.09. The number of hydrogen-bond acceptors (Lipinski definition) is 7. The van der Waals surface area contributed by atoms with Gasteiger partial charge in [0.05, 0.1) is 32.7 Å². The van der Waals surface area contributed by atoms with Gasteiger partial charge >= 0.3 is 0 Å². The molecule has 0 spiro atoms. The fourth-order valence-corrected chi connectivity index (χ4v) is 3.93. The summed E-state index contributed by atoms with van der Waals surface area (Å²) in [6.07, 6.45) is 0. The minimum Gasteiger partial charge on any atom is -0.497 e. The minimum absolute atomic E-state index is 0.312. The molecule has 0 aliphatic rings. The molecular formula is C23H22N4O4S. The number of methoxy groups -OCH3 is 3. The molecule has 0 bridgehead atoms. The van der Waals surface area contributed by atoms with Gasteiger partial charge in [0, 0.05) is 28.6 Å². The number of aryl methyl sites for hydroxylation is 1. The van der Waals surface area contributed by atoms with E-state index in [1.807, 2.05) is 36.6 Å². The molecule has 4 aromatic rings. The zero-order chi connectivity index (χ0) is 22.7. The summed E-state index contributed by atoms with van der Waals surface area (Å²) in [5, 5.41) is 10.0. The summed E-state index contributed by atoms with van der Waals surface area (Å²) < 4.78 is 17.4. The van der Waals surface area contributed by atoms with Gasteiger partial charge in [-0.1, -0.05) is 12.1 Å². The quantitative estimate of drug-likeness (QED) is 0.443. The molecule has 1 N–H and O–H groups in total. The first-order valence-corrected chi connectivity index (χ1v) is 10.6. The van der Waals surface area contributed by atoms with Gasteiger partial charge in [-0.15, -0.1) is 11.3 Å². The Morgan fingerprint density at radius 2 is 1.69 bits per heavy atom. The zero-order valence-corrected chi connectivity index (χ0v) is 18.9. The maximum absolute atomic E-state index is 12.9. The molecule has 0 aliphatic heterocycles. The Labute approximate surface area is 189 Å². The molecule has 0 saturated carbocycles. The van der Waals surface area contributed by atoms with Crippen LogP contribution in [-0.2, 0) is 0 Å². The summed E-state index contributed by atoms with van der Waals surface area (Å²) in [7, 11) is 4.71. The molecular weight excluding hydrogens is 428 g/mol. The van der Waals surface area contributed by atoms with Crippen molar-refractivity contribution in [1.29, 1.82) is 0 Å². The van der Waals surface area contributed by atoms with Crippen LogP contribution < -0.4 is 19.5 Å². The molecule has 2 aromatic heterocycles. The van der Waals surface area contributed by atoms with Crippen molar-refractivity contribution in [2.75, 3.05) is 26.6 Å². The number of hydrogen-bond donors (Lipinski definition) is 1. The molecule has 9 heteroatoms. The first-order valence-electron chi connectivity index (χ1n) is 9.72. The molecule has 1 amide bonds. The highest BCUT2D eigenvalue weighted by Crippen LogP contribution is 2.29. The molecule has 0 saturated heterocycles. The van der Waals surface area contributed by atoms with Crippen LogP contribution >= 0.6 is 11.3 Å². The number of thiazole rings is 1. The number of carbonyl (C=O) groups excluding carboxylic acids is 1. The van der Waals surface area contributed by atoms with E-state index in [-0.39, 0.29) is 5.91 Å². The first kappa shape index (κ1) is 21.4. The van der Waals surface area contributed by atoms with Crippen molar-refractivity contribution in [2.24, 2.45) is 0 Å². The second-order valence-electron chi connectivity index (χ2n) is 6.89. The number of carbonyl (C=O) groups is 1. The van der Waals surface area contributed by atoms with Crippen molar-refractivity contribution in [1.82, 2.24) is 14.8 Å². The SMILES string of the molecule is COc1cc(OC)cc(C(=O)Nc2cc(C)nn2-c2nc(-c3cccc(OC)c3)cs2)c1. The van der Waals surface area contributed by atoms with Gasteiger partial charge < -0.3 is 19.5 Å². The zero-order valence-electron chi connectivity index (χ0n) is 18.1. The summed E-state index contributed by atoms with van der Waals surface area (Å²) in [4.78, 5) is 17.7. The highest BCUT2D eigenvalue weighted by molar-refractivity contribution is 7.12. The Bertz CT molecular complexity index is 1240. The summed E-state index contributed by atoms with van der Waals surface area (Å²) in [6.45, 7) is 1.86. The van der Waals surface area contributed by atoms with Crippen LogP contribution in [0.15, 0.2) is 53.9 Å². The van der Waals surface area contributed by atoms with E-state index in [1.165, 1.54) is 25.6 Å². The van der Waals surface area contributed by atoms with Crippen molar-refractivity contribution < 1.29 is 19.0 Å². The normalized spacial score (nSPS) is 10.6. The summed E-state index contributed by atoms with van der Waals surface area (Å²) in [5.41, 5.74) is 2.89. The van der Waals surface area contributed by atoms with E-state index in [0.717, 1.165) is 22.7 Å². The summed E-state index contributed by atoms with van der Waals surface area (Å²) in [6, 6.07) is 14.5. The van der Waals surface area contributed by atoms with Crippen molar-refractivity contribution in [3.63, 3.8) is 0 Å². The Morgan fingerprint density at radius 1 is 0.969 bits per heavy atom. The van der Waals surface area contributed by atoms with Gasteiger partial charge in [-0.25, -0.2) is 4.98 Å². The van der Waals surface area contributed by atoms with Crippen molar-refractivity contribution in [3.05, 3.63) is 65.2 Å². The lowest BCUT2D eigenvalue weighted by Crippen LogP contribution is -2.15. The van der Waals surface area contributed by atoms with Crippen LogP contribution in [0.3, 0.4) is 0 Å². The van der Waals surface area contributed by atoms with E-state index in [2.05, 4.69) is 10.4 Å². The molecule has 0 aliphatic carbocycles. The van der Waals surface area contributed by atoms with Gasteiger partial charge in [-0.3, -0.25) is 4.79 Å². The number of aromatic nitrogens is 3. The van der Waals surface area contributed by atoms with E-state index in [4.69, 9.17) is 19.2 Å². The van der Waals surface area contributed by atoms with Crippen molar-refractivity contribution in [2.45, 2.75) is 6.92 Å². The fraction of sp³-hybridized carbons (Fsp3) is 0.174. The van der Waals surface area contributed by atoms with Crippen LogP contribution in [0, 0.1) is 6.92 Å². The van der Waals surface area contributed by atoms with Crippen LogP contribution in [0.2, 0.25) is 0 Å². The highest BCUT2D eigenvalue weighted by atomic mass is 32.1. The molecule has 8 nitrogen and oxygen atoms in total. The topological polar surface area (TPSA) is 87.5 Å². The van der Waals surface area contributed by atoms with Gasteiger partial charge in [-0.05, 0) is 31.2 Å². The Balaban J connectivity index is 1.63. The largest absolute Gasteiger partial charge is 0.497 e. The van der Waals surface area contributed by atoms with Gasteiger partial charge in [-0.2, -0.15) is 9.78 Å². The third-order valence-electron chi connectivity index (χ3n) is 4.73. The molecule has 0 atom stereocenters. The average molecular weight is 451 g/mol. The van der Waals surface area contributed by atoms with E-state index in [9.17, 15) is 4.79 Å². The number of anilines is 1. The second kappa shape index (κ2) is 9.11. The third-order valence-corrected chi connectivity index (χ3v) is 5.54. The monoisotopic (exact) mass is 450 g/mol. The van der Waals surface area contributed by atoms with E-state index in [1.54, 1.807) is 36.1 Å². The molecule has 2 aromatic carbocycles. The average Bonchev–Trinajstić information content (AvgIpc) is 3.45. The number of amides is 1. The van der Waals surface area contributed by atoms with E-state index in [0.29, 0.717) is 28.0 Å². The maximum Gasteiger partial charge on any atom is 0.257 e. The van der Waals surface area contributed by atoms with Gasteiger partial charge in [0.15, 0.2) is 0 Å². The van der Waals surface area contributed by atoms with E-state index >= 15 is 0 Å². The van der Waals surface area contributed by atoms with Gasteiger partial charge in [0.25, 0.3) is 5.91 Å². The van der Waals surface area contributed by atoms with Gasteiger partial charge in [0.2, 0.25) is 5.13 Å².